The first kappa shape index (κ1) is 35.4. The molecule has 18 heteroatoms. The Labute approximate surface area is 243 Å². The monoisotopic (exact) mass is 636 g/mol. The van der Waals surface area contributed by atoms with Crippen LogP contribution in [0.1, 0.15) is 40.5 Å². The normalized spacial score (nSPS) is 27.9. The van der Waals surface area contributed by atoms with E-state index in [4.69, 9.17) is 63.2 Å². The van der Waals surface area contributed by atoms with E-state index in [2.05, 4.69) is 10.1 Å². The van der Waals surface area contributed by atoms with Gasteiger partial charge in [0.2, 0.25) is 3.79 Å². The minimum Gasteiger partial charge on any atom is -0.818 e. The highest BCUT2D eigenvalue weighted by molar-refractivity contribution is 6.67. The lowest BCUT2D eigenvalue weighted by Crippen LogP contribution is -2.92. The van der Waals surface area contributed by atoms with Crippen molar-refractivity contribution in [2.75, 3.05) is 27.4 Å². The Morgan fingerprint density at radius 3 is 1.93 bits per heavy atom. The van der Waals surface area contributed by atoms with Gasteiger partial charge in [-0.25, -0.2) is 9.59 Å². The molecule has 1 amide bonds. The van der Waals surface area contributed by atoms with Crippen molar-refractivity contribution >= 4 is 70.7 Å². The summed E-state index contributed by atoms with van der Waals surface area (Å²) >= 11 is 16.9. The average Bonchev–Trinajstić information content (AvgIpc) is 2.84. The maximum Gasteiger partial charge on any atom is 0.407 e. The Balaban J connectivity index is 4.26. The van der Waals surface area contributed by atoms with Gasteiger partial charge >= 0.3 is 35.9 Å². The van der Waals surface area contributed by atoms with Gasteiger partial charge < -0.3 is 43.6 Å². The molecule has 1 fully saturated rings. The van der Waals surface area contributed by atoms with E-state index in [0.717, 1.165) is 35.0 Å². The van der Waals surface area contributed by atoms with Crippen LogP contribution in [0.15, 0.2) is 0 Å². The van der Waals surface area contributed by atoms with Crippen LogP contribution in [0.2, 0.25) is 0 Å². The molecule has 1 N–H and O–H groups in total. The molecular formula is C22H29Cl3NO14-. The molecular weight excluding hydrogens is 609 g/mol. The van der Waals surface area contributed by atoms with E-state index in [1.54, 1.807) is 0 Å². The molecule has 0 unspecified atom stereocenters. The number of esters is 5. The molecule has 40 heavy (non-hydrogen) atoms. The van der Waals surface area contributed by atoms with Gasteiger partial charge in [0.25, 0.3) is 5.60 Å². The number of halogens is 3. The first-order valence-electron chi connectivity index (χ1n) is 11.4. The zero-order chi connectivity index (χ0) is 31.1. The van der Waals surface area contributed by atoms with Gasteiger partial charge in [-0.1, -0.05) is 48.1 Å². The summed E-state index contributed by atoms with van der Waals surface area (Å²) in [5.41, 5.74) is -6.23. The minimum absolute atomic E-state index is 0.128. The third-order valence-electron chi connectivity index (χ3n) is 5.55. The van der Waals surface area contributed by atoms with Crippen LogP contribution in [0.5, 0.6) is 0 Å². The number of ether oxygens (including phenoxy) is 7. The number of amides is 1. The van der Waals surface area contributed by atoms with Gasteiger partial charge in [0.05, 0.1) is 14.2 Å². The standard InChI is InChI=1S/C22H29Cl3NO14/c1-7-8-19(26-18(32)37-10-20(23,24)25)21(16(30)34-5,39-13(4)29)15(38-12(3)28)14(9-36-11(2)27)40-22(19,33)17(31)35-6/h14-15H,7-10H2,1-6H3,(H,26,32)/q-1/t14-,15-,19+,21-,22+/m1/s1. The second-order valence-corrected chi connectivity index (χ2v) is 10.9. The quantitative estimate of drug-likeness (QED) is 0.193. The first-order chi connectivity index (χ1) is 18.4. The van der Waals surface area contributed by atoms with Gasteiger partial charge in [-0.3, -0.25) is 19.2 Å². The smallest absolute Gasteiger partial charge is 0.407 e. The van der Waals surface area contributed by atoms with Gasteiger partial charge in [0.15, 0.2) is 6.10 Å². The maximum atomic E-state index is 14.6. The maximum absolute atomic E-state index is 14.6. The third-order valence-corrected chi connectivity index (χ3v) is 5.88. The Hall–Kier alpha value is -2.59. The molecule has 0 radical (unpaired) electrons. The SMILES string of the molecule is CCC[C@@]1(NC(=O)OCC(Cl)(Cl)Cl)[C@]([O-])(C(=O)OC)O[C@H](COC(C)=O)[C@@H](OC(C)=O)[C@@]1(OC(C)=O)C(=O)OC. The van der Waals surface area contributed by atoms with Gasteiger partial charge in [0.1, 0.15) is 30.6 Å². The van der Waals surface area contributed by atoms with E-state index >= 15 is 0 Å². The fourth-order valence-corrected chi connectivity index (χ4v) is 4.48. The second-order valence-electron chi connectivity index (χ2n) is 8.39. The number of carbonyl (C=O) groups excluding carboxylic acids is 6. The van der Waals surface area contributed by atoms with Crippen molar-refractivity contribution in [2.24, 2.45) is 0 Å². The molecule has 1 rings (SSSR count). The lowest BCUT2D eigenvalue weighted by Gasteiger charge is -2.64. The van der Waals surface area contributed by atoms with Crippen molar-refractivity contribution in [3.8, 4) is 0 Å². The van der Waals surface area contributed by atoms with Gasteiger partial charge in [0, 0.05) is 20.8 Å². The highest BCUT2D eigenvalue weighted by Gasteiger charge is 2.78. The summed E-state index contributed by atoms with van der Waals surface area (Å²) < 4.78 is 33.4. The van der Waals surface area contributed by atoms with Crippen LogP contribution >= 0.6 is 34.8 Å². The van der Waals surface area contributed by atoms with Crippen LogP contribution in [0.4, 0.5) is 4.79 Å². The summed E-state index contributed by atoms with van der Waals surface area (Å²) in [5.74, 6) is -10.3. The molecule has 0 aromatic heterocycles. The van der Waals surface area contributed by atoms with Crippen molar-refractivity contribution in [2.45, 2.75) is 73.5 Å². The molecule has 0 aliphatic carbocycles. The molecule has 1 aliphatic rings. The van der Waals surface area contributed by atoms with E-state index in [9.17, 15) is 33.9 Å². The molecule has 15 nitrogen and oxygen atoms in total. The Bertz CT molecular complexity index is 1000. The molecule has 0 saturated carbocycles. The Morgan fingerprint density at radius 2 is 1.50 bits per heavy atom. The number of hydrogen-bond acceptors (Lipinski definition) is 14. The van der Waals surface area contributed by atoms with Crippen LogP contribution in [-0.4, -0.2) is 96.3 Å². The van der Waals surface area contributed by atoms with E-state index < -0.39 is 88.5 Å². The van der Waals surface area contributed by atoms with E-state index in [0.29, 0.717) is 0 Å². The number of alkyl carbamates (subject to hydrolysis) is 1. The third kappa shape index (κ3) is 7.37. The van der Waals surface area contributed by atoms with Crippen molar-refractivity contribution < 1.29 is 67.0 Å². The second kappa shape index (κ2) is 13.9. The van der Waals surface area contributed by atoms with Crippen molar-refractivity contribution in [3.05, 3.63) is 0 Å². The molecule has 0 aromatic carbocycles. The van der Waals surface area contributed by atoms with Crippen LogP contribution in [0, 0.1) is 0 Å². The predicted molar refractivity (Wildman–Crippen MR) is 131 cm³/mol. The molecule has 0 spiro atoms. The number of hydrogen-bond donors (Lipinski definition) is 1. The molecule has 0 bridgehead atoms. The van der Waals surface area contributed by atoms with Gasteiger partial charge in [-0.15, -0.1) is 0 Å². The van der Waals surface area contributed by atoms with Crippen LogP contribution in [0.3, 0.4) is 0 Å². The predicted octanol–water partition coefficient (Wildman–Crippen LogP) is 0.220. The summed E-state index contributed by atoms with van der Waals surface area (Å²) in [6.07, 6.45) is -6.53. The highest BCUT2D eigenvalue weighted by Crippen LogP contribution is 2.50. The average molecular weight is 638 g/mol. The molecule has 0 aromatic rings. The Kier molecular flexibility index (Phi) is 12.3. The zero-order valence-corrected chi connectivity index (χ0v) is 24.6. The van der Waals surface area contributed by atoms with Crippen molar-refractivity contribution in [1.29, 1.82) is 0 Å². The van der Waals surface area contributed by atoms with Crippen LogP contribution < -0.4 is 10.4 Å². The minimum atomic E-state index is -3.69. The first-order valence-corrected chi connectivity index (χ1v) is 12.6. The summed E-state index contributed by atoms with van der Waals surface area (Å²) in [6, 6.07) is 0. The molecule has 1 aliphatic heterocycles. The van der Waals surface area contributed by atoms with E-state index in [1.165, 1.54) is 6.92 Å². The number of rotatable bonds is 10. The highest BCUT2D eigenvalue weighted by atomic mass is 35.6. The van der Waals surface area contributed by atoms with E-state index in [-0.39, 0.29) is 6.42 Å². The number of nitrogens with one attached hydrogen (secondary N) is 1. The Morgan fingerprint density at radius 1 is 0.925 bits per heavy atom. The van der Waals surface area contributed by atoms with E-state index in [1.807, 2.05) is 0 Å². The number of alkyl halides is 3. The topological polar surface area (TPSA) is 202 Å². The lowest BCUT2D eigenvalue weighted by atomic mass is 9.63. The fourth-order valence-electron chi connectivity index (χ4n) is 4.32. The van der Waals surface area contributed by atoms with Crippen molar-refractivity contribution in [1.82, 2.24) is 5.32 Å². The van der Waals surface area contributed by atoms with Crippen molar-refractivity contribution in [3.63, 3.8) is 0 Å². The summed E-state index contributed by atoms with van der Waals surface area (Å²) in [7, 11) is 1.60. The van der Waals surface area contributed by atoms with Gasteiger partial charge in [-0.05, 0) is 6.42 Å². The summed E-state index contributed by atoms with van der Waals surface area (Å²) in [4.78, 5) is 76.2. The van der Waals surface area contributed by atoms with Gasteiger partial charge in [-0.2, -0.15) is 0 Å². The lowest BCUT2D eigenvalue weighted by molar-refractivity contribution is -0.582. The molecule has 5 atom stereocenters. The zero-order valence-electron chi connectivity index (χ0n) is 22.3. The largest absolute Gasteiger partial charge is 0.818 e. The van der Waals surface area contributed by atoms with Crippen LogP contribution in [-0.2, 0) is 57.1 Å². The number of carbonyl (C=O) groups is 6. The summed E-state index contributed by atoms with van der Waals surface area (Å²) in [6.45, 7) is 2.34. The number of methoxy groups -OCH3 is 2. The fraction of sp³-hybridized carbons (Fsp3) is 0.727. The van der Waals surface area contributed by atoms with Crippen LogP contribution in [0.25, 0.3) is 0 Å². The molecule has 1 saturated heterocycles. The summed E-state index contributed by atoms with van der Waals surface area (Å²) in [5, 5.41) is 16.7. The molecule has 228 valence electrons. The molecule has 1 heterocycles.